The number of aromatic nitrogens is 2. The summed E-state index contributed by atoms with van der Waals surface area (Å²) in [6.45, 7) is 2.73. The minimum atomic E-state index is -2.95. The van der Waals surface area contributed by atoms with Crippen LogP contribution in [0.15, 0.2) is 42.5 Å². The van der Waals surface area contributed by atoms with Gasteiger partial charge in [-0.3, -0.25) is 4.68 Å². The minimum absolute atomic E-state index is 0.00200. The van der Waals surface area contributed by atoms with Gasteiger partial charge in [-0.2, -0.15) is 13.9 Å². The van der Waals surface area contributed by atoms with Gasteiger partial charge in [-0.05, 0) is 56.8 Å². The van der Waals surface area contributed by atoms with Crippen LogP contribution < -0.4 is 15.4 Å². The maximum atomic E-state index is 14.0. The van der Waals surface area contributed by atoms with Crippen LogP contribution in [0.1, 0.15) is 22.5 Å². The Morgan fingerprint density at radius 3 is 2.57 bits per heavy atom. The van der Waals surface area contributed by atoms with E-state index in [9.17, 15) is 13.2 Å². The third-order valence-corrected chi connectivity index (χ3v) is 4.70. The summed E-state index contributed by atoms with van der Waals surface area (Å²) in [7, 11) is 0. The summed E-state index contributed by atoms with van der Waals surface area (Å²) in [4.78, 5) is 0. The van der Waals surface area contributed by atoms with E-state index in [1.807, 2.05) is 6.92 Å². The highest BCUT2D eigenvalue weighted by atomic mass is 32.1. The summed E-state index contributed by atoms with van der Waals surface area (Å²) in [6, 6.07) is 11.4. The highest BCUT2D eigenvalue weighted by Gasteiger charge is 2.16. The van der Waals surface area contributed by atoms with Crippen LogP contribution in [-0.2, 0) is 6.54 Å². The van der Waals surface area contributed by atoms with Crippen molar-refractivity contribution in [1.29, 1.82) is 0 Å². The van der Waals surface area contributed by atoms with Gasteiger partial charge in [0.05, 0.1) is 29.3 Å². The van der Waals surface area contributed by atoms with Crippen LogP contribution in [0.3, 0.4) is 0 Å². The topological polar surface area (TPSA) is 51.1 Å². The Morgan fingerprint density at radius 2 is 1.87 bits per heavy atom. The van der Waals surface area contributed by atoms with Gasteiger partial charge in [0.15, 0.2) is 5.11 Å². The molecule has 5 nitrogen and oxygen atoms in total. The standard InChI is InChI=1S/C21H21F3N4OS/c1-12-8-9-17(18(10-12)29-20(23)24)25-21(30)26-19-13(2)27-28(14(19)3)11-15-6-4-5-7-16(15)22/h4-10,20H,11H2,1-3H3,(H2,25,26,30). The van der Waals surface area contributed by atoms with Crippen molar-refractivity contribution in [3.8, 4) is 5.75 Å². The molecular weight excluding hydrogens is 413 g/mol. The first-order chi connectivity index (χ1) is 14.2. The van der Waals surface area contributed by atoms with Crippen LogP contribution in [0.25, 0.3) is 0 Å². The van der Waals surface area contributed by atoms with E-state index in [1.54, 1.807) is 48.9 Å². The van der Waals surface area contributed by atoms with Gasteiger partial charge in [-0.15, -0.1) is 0 Å². The Morgan fingerprint density at radius 1 is 1.13 bits per heavy atom. The van der Waals surface area contributed by atoms with Gasteiger partial charge in [0.2, 0.25) is 0 Å². The molecule has 2 aromatic carbocycles. The Labute approximate surface area is 177 Å². The number of aryl methyl sites for hydroxylation is 2. The molecule has 0 saturated carbocycles. The van der Waals surface area contributed by atoms with Crippen molar-refractivity contribution in [3.63, 3.8) is 0 Å². The molecular formula is C21H21F3N4OS. The minimum Gasteiger partial charge on any atom is -0.433 e. The average Bonchev–Trinajstić information content (AvgIpc) is 2.93. The van der Waals surface area contributed by atoms with Crippen LogP contribution in [0.5, 0.6) is 5.75 Å². The van der Waals surface area contributed by atoms with E-state index in [1.165, 1.54) is 12.1 Å². The Balaban J connectivity index is 1.76. The molecule has 1 aromatic heterocycles. The van der Waals surface area contributed by atoms with E-state index in [2.05, 4.69) is 20.5 Å². The third-order valence-electron chi connectivity index (χ3n) is 4.50. The summed E-state index contributed by atoms with van der Waals surface area (Å²) in [6.07, 6.45) is 0. The molecule has 0 aliphatic carbocycles. The monoisotopic (exact) mass is 434 g/mol. The molecule has 0 aliphatic rings. The van der Waals surface area contributed by atoms with Crippen LogP contribution in [0.2, 0.25) is 0 Å². The summed E-state index contributed by atoms with van der Waals surface area (Å²) >= 11 is 5.34. The lowest BCUT2D eigenvalue weighted by molar-refractivity contribution is -0.0493. The van der Waals surface area contributed by atoms with Crippen molar-refractivity contribution in [1.82, 2.24) is 9.78 Å². The molecule has 3 rings (SSSR count). The molecule has 0 aliphatic heterocycles. The normalized spacial score (nSPS) is 10.9. The number of halogens is 3. The van der Waals surface area contributed by atoms with Crippen molar-refractivity contribution in [3.05, 3.63) is 70.8 Å². The number of hydrogen-bond acceptors (Lipinski definition) is 3. The molecule has 0 saturated heterocycles. The number of ether oxygens (including phenoxy) is 1. The smallest absolute Gasteiger partial charge is 0.387 e. The molecule has 30 heavy (non-hydrogen) atoms. The molecule has 3 aromatic rings. The van der Waals surface area contributed by atoms with E-state index < -0.39 is 6.61 Å². The third kappa shape index (κ3) is 5.10. The quantitative estimate of drug-likeness (QED) is 0.509. The highest BCUT2D eigenvalue weighted by Crippen LogP contribution is 2.28. The number of rotatable bonds is 6. The zero-order valence-corrected chi connectivity index (χ0v) is 17.5. The lowest BCUT2D eigenvalue weighted by Gasteiger charge is -2.15. The van der Waals surface area contributed by atoms with Crippen molar-refractivity contribution in [2.45, 2.75) is 33.9 Å². The average molecular weight is 434 g/mol. The summed E-state index contributed by atoms with van der Waals surface area (Å²) in [5, 5.41) is 10.6. The number of nitrogens with zero attached hydrogens (tertiary/aromatic N) is 2. The predicted molar refractivity (Wildman–Crippen MR) is 115 cm³/mol. The van der Waals surface area contributed by atoms with E-state index in [0.29, 0.717) is 22.6 Å². The van der Waals surface area contributed by atoms with Crippen molar-refractivity contribution >= 4 is 28.7 Å². The zero-order valence-electron chi connectivity index (χ0n) is 16.7. The highest BCUT2D eigenvalue weighted by molar-refractivity contribution is 7.80. The molecule has 2 N–H and O–H groups in total. The molecule has 1 heterocycles. The summed E-state index contributed by atoms with van der Waals surface area (Å²) in [5.74, 6) is -0.305. The molecule has 0 amide bonds. The maximum absolute atomic E-state index is 14.0. The fraction of sp³-hybridized carbons (Fsp3) is 0.238. The Kier molecular flexibility index (Phi) is 6.61. The number of alkyl halides is 2. The first-order valence-corrected chi connectivity index (χ1v) is 9.56. The molecule has 158 valence electrons. The van der Waals surface area contributed by atoms with Crippen molar-refractivity contribution in [2.24, 2.45) is 0 Å². The molecule has 0 atom stereocenters. The molecule has 0 fully saturated rings. The Hall–Kier alpha value is -3.07. The van der Waals surface area contributed by atoms with Gasteiger partial charge in [0.1, 0.15) is 11.6 Å². The first kappa shape index (κ1) is 21.6. The molecule has 0 bridgehead atoms. The lowest BCUT2D eigenvalue weighted by atomic mass is 10.2. The van der Waals surface area contributed by atoms with Crippen LogP contribution in [0.4, 0.5) is 24.5 Å². The first-order valence-electron chi connectivity index (χ1n) is 9.15. The van der Waals surface area contributed by atoms with Crippen LogP contribution in [0, 0.1) is 26.6 Å². The van der Waals surface area contributed by atoms with Gasteiger partial charge in [0.25, 0.3) is 0 Å². The molecule has 0 spiro atoms. The number of benzene rings is 2. The number of thiocarbonyl (C=S) groups is 1. The second kappa shape index (κ2) is 9.17. The lowest BCUT2D eigenvalue weighted by Crippen LogP contribution is -2.21. The van der Waals surface area contributed by atoms with Crippen molar-refractivity contribution in [2.75, 3.05) is 10.6 Å². The largest absolute Gasteiger partial charge is 0.433 e. The fourth-order valence-corrected chi connectivity index (χ4v) is 3.23. The van der Waals surface area contributed by atoms with E-state index >= 15 is 0 Å². The molecule has 9 heteroatoms. The predicted octanol–water partition coefficient (Wildman–Crippen LogP) is 5.41. The van der Waals surface area contributed by atoms with Gasteiger partial charge in [-0.25, -0.2) is 4.39 Å². The Bertz CT molecular complexity index is 1070. The van der Waals surface area contributed by atoms with Gasteiger partial charge in [-0.1, -0.05) is 24.3 Å². The summed E-state index contributed by atoms with van der Waals surface area (Å²) in [5.41, 5.74) is 3.69. The van der Waals surface area contributed by atoms with E-state index in [-0.39, 0.29) is 23.2 Å². The SMILES string of the molecule is Cc1ccc(NC(=S)Nc2c(C)nn(Cc3ccccc3F)c2C)c(OC(F)F)c1. The van der Waals surface area contributed by atoms with Gasteiger partial charge < -0.3 is 15.4 Å². The van der Waals surface area contributed by atoms with Crippen LogP contribution >= 0.6 is 12.2 Å². The second-order valence-corrected chi connectivity index (χ2v) is 7.16. The number of anilines is 2. The van der Waals surface area contributed by atoms with E-state index in [4.69, 9.17) is 12.2 Å². The molecule has 0 radical (unpaired) electrons. The fourth-order valence-electron chi connectivity index (χ4n) is 3.01. The van der Waals surface area contributed by atoms with Crippen LogP contribution in [-0.4, -0.2) is 21.5 Å². The van der Waals surface area contributed by atoms with Gasteiger partial charge in [0, 0.05) is 5.56 Å². The van der Waals surface area contributed by atoms with E-state index in [0.717, 1.165) is 11.3 Å². The number of nitrogens with one attached hydrogen (secondary N) is 2. The summed E-state index contributed by atoms with van der Waals surface area (Å²) < 4.78 is 45.6. The molecule has 0 unspecified atom stereocenters. The zero-order chi connectivity index (χ0) is 21.8. The van der Waals surface area contributed by atoms with Crippen molar-refractivity contribution < 1.29 is 17.9 Å². The maximum Gasteiger partial charge on any atom is 0.387 e. The van der Waals surface area contributed by atoms with Gasteiger partial charge >= 0.3 is 6.61 Å². The second-order valence-electron chi connectivity index (χ2n) is 6.75. The number of hydrogen-bond donors (Lipinski definition) is 2.